The van der Waals surface area contributed by atoms with Crippen LogP contribution in [0.15, 0.2) is 4.99 Å². The molecule has 3 rings (SSSR count). The molecule has 8 atom stereocenters. The molecule has 8 N–H and O–H groups in total. The predicted molar refractivity (Wildman–Crippen MR) is 76.3 cm³/mol. The van der Waals surface area contributed by atoms with Crippen LogP contribution in [0.5, 0.6) is 0 Å². The summed E-state index contributed by atoms with van der Waals surface area (Å²) in [4.78, 5) is 16.0. The number of esters is 1. The van der Waals surface area contributed by atoms with Crippen LogP contribution in [0.1, 0.15) is 6.92 Å². The zero-order chi connectivity index (χ0) is 17.9. The molecule has 1 saturated carbocycles. The molecule has 0 aromatic heterocycles. The Morgan fingerprint density at radius 2 is 2.04 bits per heavy atom. The molecule has 2 heterocycles. The molecular weight excluding hydrogens is 326 g/mol. The van der Waals surface area contributed by atoms with Crippen molar-refractivity contribution in [1.82, 2.24) is 5.32 Å². The van der Waals surface area contributed by atoms with Crippen molar-refractivity contribution in [3.05, 3.63) is 0 Å². The Kier molecular flexibility index (Phi) is 3.98. The lowest BCUT2D eigenvalue weighted by Gasteiger charge is -2.62. The Morgan fingerprint density at radius 1 is 1.38 bits per heavy atom. The fraction of sp³-hybridized carbons (Fsp3) is 0.846. The van der Waals surface area contributed by atoms with Crippen molar-refractivity contribution in [3.63, 3.8) is 0 Å². The van der Waals surface area contributed by atoms with E-state index in [4.69, 9.17) is 15.2 Å². The van der Waals surface area contributed by atoms with E-state index in [-0.39, 0.29) is 12.6 Å². The second-order valence-electron chi connectivity index (χ2n) is 6.24. The summed E-state index contributed by atoms with van der Waals surface area (Å²) < 4.78 is 10.3. The molecule has 136 valence electrons. The topological polar surface area (TPSA) is 187 Å². The van der Waals surface area contributed by atoms with Crippen molar-refractivity contribution in [3.8, 4) is 0 Å². The molecule has 2 bridgehead atoms. The Labute approximate surface area is 136 Å². The number of aliphatic hydroxyl groups excluding tert-OH is 4. The van der Waals surface area contributed by atoms with Gasteiger partial charge in [-0.05, 0) is 6.92 Å². The van der Waals surface area contributed by atoms with E-state index in [0.717, 1.165) is 0 Å². The number of aliphatic imine (C=N–C) groups is 1. The van der Waals surface area contributed by atoms with Gasteiger partial charge in [-0.15, -0.1) is 0 Å². The minimum Gasteiger partial charge on any atom is -0.454 e. The van der Waals surface area contributed by atoms with E-state index < -0.39 is 60.3 Å². The fourth-order valence-corrected chi connectivity index (χ4v) is 3.94. The average Bonchev–Trinajstić information content (AvgIpc) is 2.54. The standard InChI is InChI=1S/C13H21N3O8/c1-2-23-9-4-5(18)12(22,3-17)8-6(19)13(4,16-11(14)15-9)7(20)10(21)24-8/h4-9,17-20,22H,2-3H2,1H3,(H3,14,15,16)/t4-,5+,6+,7-,8-,9-,12-,13?/m1/s1. The Morgan fingerprint density at radius 3 is 2.62 bits per heavy atom. The van der Waals surface area contributed by atoms with Crippen LogP contribution in [0.2, 0.25) is 0 Å². The maximum Gasteiger partial charge on any atom is 0.338 e. The number of fused-ring (bicyclic) bond motifs is 1. The number of nitrogens with zero attached hydrogens (tertiary/aromatic N) is 1. The fourth-order valence-electron chi connectivity index (χ4n) is 3.94. The quantitative estimate of drug-likeness (QED) is 0.245. The van der Waals surface area contributed by atoms with E-state index in [1.54, 1.807) is 6.92 Å². The highest BCUT2D eigenvalue weighted by molar-refractivity contribution is 5.85. The molecule has 24 heavy (non-hydrogen) atoms. The largest absolute Gasteiger partial charge is 0.454 e. The summed E-state index contributed by atoms with van der Waals surface area (Å²) in [5.74, 6) is -2.62. The minimum atomic E-state index is -2.36. The van der Waals surface area contributed by atoms with Gasteiger partial charge in [0.15, 0.2) is 30.0 Å². The SMILES string of the molecule is CCO[C@H]1N=C(N)NC23[C@@H]1[C@H](O)[C@](O)(CO)[C@H](OC(=O)[C@H]2O)[C@@H]3O. The molecule has 11 nitrogen and oxygen atoms in total. The van der Waals surface area contributed by atoms with Crippen molar-refractivity contribution >= 4 is 11.9 Å². The van der Waals surface area contributed by atoms with Crippen molar-refractivity contribution in [2.75, 3.05) is 13.2 Å². The zero-order valence-corrected chi connectivity index (χ0v) is 12.9. The van der Waals surface area contributed by atoms with Crippen LogP contribution in [0.3, 0.4) is 0 Å². The molecule has 1 spiro atoms. The third kappa shape index (κ3) is 1.93. The summed E-state index contributed by atoms with van der Waals surface area (Å²) in [6, 6.07) is 0. The molecule has 1 saturated heterocycles. The van der Waals surface area contributed by atoms with E-state index in [0.29, 0.717) is 0 Å². The maximum absolute atomic E-state index is 12.1. The first-order valence-electron chi connectivity index (χ1n) is 7.55. The smallest absolute Gasteiger partial charge is 0.338 e. The molecule has 0 radical (unpaired) electrons. The van der Waals surface area contributed by atoms with Gasteiger partial charge >= 0.3 is 5.97 Å². The number of hydrogen-bond acceptors (Lipinski definition) is 11. The number of nitrogens with two attached hydrogens (primary N) is 1. The highest BCUT2D eigenvalue weighted by Gasteiger charge is 2.75. The number of carbonyl (C=O) groups excluding carboxylic acids is 1. The van der Waals surface area contributed by atoms with E-state index in [1.807, 2.05) is 0 Å². The molecular formula is C13H21N3O8. The van der Waals surface area contributed by atoms with Crippen LogP contribution in [0.25, 0.3) is 0 Å². The van der Waals surface area contributed by atoms with Gasteiger partial charge in [0.1, 0.15) is 11.6 Å². The molecule has 1 aliphatic carbocycles. The number of guanidine groups is 1. The number of hydrogen-bond donors (Lipinski definition) is 7. The lowest BCUT2D eigenvalue weighted by Crippen LogP contribution is -2.88. The summed E-state index contributed by atoms with van der Waals surface area (Å²) in [6.45, 7) is 0.806. The van der Waals surface area contributed by atoms with E-state index in [9.17, 15) is 30.3 Å². The van der Waals surface area contributed by atoms with Gasteiger partial charge in [-0.25, -0.2) is 9.79 Å². The Hall–Kier alpha value is -1.50. The van der Waals surface area contributed by atoms with Gasteiger partial charge in [-0.2, -0.15) is 0 Å². The van der Waals surface area contributed by atoms with Gasteiger partial charge in [0.2, 0.25) is 0 Å². The Bertz CT molecular complexity index is 573. The zero-order valence-electron chi connectivity index (χ0n) is 12.9. The maximum atomic E-state index is 12.1. The molecule has 11 heteroatoms. The summed E-state index contributed by atoms with van der Waals surface area (Å²) >= 11 is 0. The van der Waals surface area contributed by atoms with Crippen LogP contribution in [-0.2, 0) is 14.3 Å². The third-order valence-corrected chi connectivity index (χ3v) is 5.10. The highest BCUT2D eigenvalue weighted by atomic mass is 16.6. The third-order valence-electron chi connectivity index (χ3n) is 5.10. The van der Waals surface area contributed by atoms with Crippen LogP contribution in [0, 0.1) is 5.92 Å². The van der Waals surface area contributed by atoms with Crippen LogP contribution in [-0.4, -0.2) is 92.5 Å². The molecule has 2 fully saturated rings. The molecule has 0 amide bonds. The Balaban J connectivity index is 2.20. The highest BCUT2D eigenvalue weighted by Crippen LogP contribution is 2.49. The van der Waals surface area contributed by atoms with Crippen molar-refractivity contribution in [2.24, 2.45) is 16.6 Å². The lowest BCUT2D eigenvalue weighted by molar-refractivity contribution is -0.311. The number of carbonyl (C=O) groups is 1. The van der Waals surface area contributed by atoms with Gasteiger partial charge in [0.25, 0.3) is 0 Å². The van der Waals surface area contributed by atoms with E-state index >= 15 is 0 Å². The summed E-state index contributed by atoms with van der Waals surface area (Å²) in [7, 11) is 0. The van der Waals surface area contributed by atoms with Gasteiger partial charge in [0.05, 0.1) is 18.6 Å². The number of rotatable bonds is 3. The first-order valence-corrected chi connectivity index (χ1v) is 7.55. The van der Waals surface area contributed by atoms with Crippen molar-refractivity contribution in [2.45, 2.75) is 48.7 Å². The molecule has 2 aliphatic heterocycles. The van der Waals surface area contributed by atoms with Gasteiger partial charge in [-0.3, -0.25) is 0 Å². The number of nitrogens with one attached hydrogen (secondary N) is 1. The predicted octanol–water partition coefficient (Wildman–Crippen LogP) is -4.63. The van der Waals surface area contributed by atoms with E-state index in [1.165, 1.54) is 0 Å². The first-order chi connectivity index (χ1) is 11.2. The molecule has 1 unspecified atom stereocenters. The van der Waals surface area contributed by atoms with Crippen molar-refractivity contribution in [1.29, 1.82) is 0 Å². The normalized spacial score (nSPS) is 50.4. The first kappa shape index (κ1) is 17.3. The van der Waals surface area contributed by atoms with Crippen molar-refractivity contribution < 1.29 is 39.8 Å². The van der Waals surface area contributed by atoms with Crippen LogP contribution < -0.4 is 11.1 Å². The summed E-state index contributed by atoms with van der Waals surface area (Å²) in [5.41, 5.74) is 1.46. The summed E-state index contributed by atoms with van der Waals surface area (Å²) in [6.07, 6.45) is -8.17. The monoisotopic (exact) mass is 347 g/mol. The molecule has 0 aromatic carbocycles. The second-order valence-corrected chi connectivity index (χ2v) is 6.24. The van der Waals surface area contributed by atoms with Gasteiger partial charge < -0.3 is 46.1 Å². The van der Waals surface area contributed by atoms with E-state index in [2.05, 4.69) is 10.3 Å². The number of aliphatic hydroxyl groups is 5. The second kappa shape index (κ2) is 5.51. The van der Waals surface area contributed by atoms with Crippen LogP contribution >= 0.6 is 0 Å². The van der Waals surface area contributed by atoms with Gasteiger partial charge in [-0.1, -0.05) is 0 Å². The van der Waals surface area contributed by atoms with Gasteiger partial charge in [0, 0.05) is 6.61 Å². The van der Waals surface area contributed by atoms with Crippen LogP contribution in [0.4, 0.5) is 0 Å². The molecule has 3 aliphatic rings. The number of ether oxygens (including phenoxy) is 2. The average molecular weight is 347 g/mol. The summed E-state index contributed by atoms with van der Waals surface area (Å²) in [5, 5.41) is 54.5. The minimum absolute atomic E-state index is 0.151. The lowest BCUT2D eigenvalue weighted by atomic mass is 9.57. The molecule has 0 aromatic rings.